The van der Waals surface area contributed by atoms with Crippen LogP contribution >= 0.6 is 0 Å². The molecule has 0 aliphatic heterocycles. The number of nitriles is 3. The molecule has 0 radical (unpaired) electrons. The van der Waals surface area contributed by atoms with E-state index in [9.17, 15) is 15.8 Å². The minimum absolute atomic E-state index is 0.213. The first-order valence-electron chi connectivity index (χ1n) is 28.4. The first kappa shape index (κ1) is 52.0. The fourth-order valence-corrected chi connectivity index (χ4v) is 11.9. The third-order valence-electron chi connectivity index (χ3n) is 16.2. The molecule has 14 aromatic rings. The van der Waals surface area contributed by atoms with E-state index >= 15 is 0 Å². The highest BCUT2D eigenvalue weighted by Gasteiger charge is 2.21. The molecule has 2 heterocycles. The summed E-state index contributed by atoms with van der Waals surface area (Å²) in [6.07, 6.45) is 0. The highest BCUT2D eigenvalue weighted by Crippen LogP contribution is 2.40. The molecule has 0 unspecified atom stereocenters. The maximum Gasteiger partial charge on any atom is 0.157 e. The minimum atomic E-state index is 0.213. The van der Waals surface area contributed by atoms with Crippen molar-refractivity contribution in [2.45, 2.75) is 6.54 Å². The molecule has 2 aromatic heterocycles. The quantitative estimate of drug-likeness (QED) is 0.102. The zero-order chi connectivity index (χ0) is 58.1. The van der Waals surface area contributed by atoms with E-state index in [1.165, 1.54) is 0 Å². The maximum absolute atomic E-state index is 10.0. The van der Waals surface area contributed by atoms with Crippen molar-refractivity contribution in [2.24, 2.45) is 15.7 Å². The number of aliphatic imine (C=N–C) groups is 2. The third-order valence-corrected chi connectivity index (χ3v) is 16.2. The van der Waals surface area contributed by atoms with Crippen LogP contribution in [0.25, 0.3) is 111 Å². The predicted molar refractivity (Wildman–Crippen MR) is 350 cm³/mol. The normalized spacial score (nSPS) is 11.7. The number of hydrogen-bond acceptors (Lipinski definition) is 4. The van der Waals surface area contributed by atoms with Gasteiger partial charge >= 0.3 is 0 Å². The van der Waals surface area contributed by atoms with E-state index in [0.717, 1.165) is 122 Å². The summed E-state index contributed by atoms with van der Waals surface area (Å²) in [4.78, 5) is 10.9. The summed E-state index contributed by atoms with van der Waals surface area (Å²) in [5.41, 5.74) is 27.5. The topological polar surface area (TPSA) is 132 Å². The van der Waals surface area contributed by atoms with Gasteiger partial charge in [-0.05, 0) is 152 Å². The Kier molecular flexibility index (Phi) is 13.5. The Balaban J connectivity index is 0.966. The van der Waals surface area contributed by atoms with E-state index in [4.69, 9.17) is 15.7 Å². The van der Waals surface area contributed by atoms with Gasteiger partial charge in [0.1, 0.15) is 5.84 Å². The van der Waals surface area contributed by atoms with Crippen molar-refractivity contribution in [3.8, 4) is 85.2 Å². The largest absolute Gasteiger partial charge is 0.383 e. The second kappa shape index (κ2) is 22.3. The molecule has 0 aliphatic rings. The lowest BCUT2D eigenvalue weighted by Crippen LogP contribution is -2.19. The molecule has 86 heavy (non-hydrogen) atoms. The molecule has 0 spiro atoms. The smallest absolute Gasteiger partial charge is 0.157 e. The number of fused-ring (bicyclic) bond motifs is 6. The van der Waals surface area contributed by atoms with Gasteiger partial charge in [0.25, 0.3) is 0 Å². The van der Waals surface area contributed by atoms with Crippen molar-refractivity contribution in [1.29, 1.82) is 15.8 Å². The van der Waals surface area contributed by atoms with Crippen LogP contribution in [0.2, 0.25) is 0 Å². The van der Waals surface area contributed by atoms with E-state index in [-0.39, 0.29) is 12.4 Å². The van der Waals surface area contributed by atoms with Crippen LogP contribution in [0.1, 0.15) is 33.4 Å². The van der Waals surface area contributed by atoms with Gasteiger partial charge in [0.05, 0.1) is 74.9 Å². The lowest BCUT2D eigenvalue weighted by molar-refractivity contribution is 1.02. The molecule has 2 N–H and O–H groups in total. The van der Waals surface area contributed by atoms with Gasteiger partial charge in [-0.15, -0.1) is 0 Å². The minimum Gasteiger partial charge on any atom is -0.383 e. The average Bonchev–Trinajstić information content (AvgIpc) is 2.29. The van der Waals surface area contributed by atoms with Gasteiger partial charge in [-0.25, -0.2) is 4.99 Å². The van der Waals surface area contributed by atoms with Crippen LogP contribution in [0.15, 0.2) is 289 Å². The molecule has 14 rings (SSSR count). The van der Waals surface area contributed by atoms with Crippen molar-refractivity contribution in [1.82, 2.24) is 9.13 Å². The molecule has 0 aliphatic carbocycles. The zero-order valence-corrected chi connectivity index (χ0v) is 46.5. The molecular formula is C78H50N8. The van der Waals surface area contributed by atoms with Crippen molar-refractivity contribution < 1.29 is 0 Å². The molecule has 0 fully saturated rings. The second-order valence-corrected chi connectivity index (χ2v) is 21.3. The van der Waals surface area contributed by atoms with Crippen molar-refractivity contribution in [2.75, 3.05) is 0 Å². The molecule has 402 valence electrons. The molecule has 8 heteroatoms. The highest BCUT2D eigenvalue weighted by molar-refractivity contribution is 6.15. The summed E-state index contributed by atoms with van der Waals surface area (Å²) in [5, 5.41) is 34.0. The maximum atomic E-state index is 10.0. The Morgan fingerprint density at radius 1 is 0.337 bits per heavy atom. The molecule has 0 saturated carbocycles. The highest BCUT2D eigenvalue weighted by atomic mass is 15.0. The Hall–Kier alpha value is -12.2. The van der Waals surface area contributed by atoms with Crippen LogP contribution in [-0.4, -0.2) is 20.8 Å². The van der Waals surface area contributed by atoms with E-state index in [1.807, 2.05) is 121 Å². The van der Waals surface area contributed by atoms with Gasteiger partial charge < -0.3 is 14.9 Å². The molecule has 12 aromatic carbocycles. The molecule has 0 amide bonds. The third kappa shape index (κ3) is 9.70. The van der Waals surface area contributed by atoms with Crippen LogP contribution in [0.5, 0.6) is 0 Å². The first-order chi connectivity index (χ1) is 42.4. The van der Waals surface area contributed by atoms with Gasteiger partial charge in [0, 0.05) is 32.7 Å². The second-order valence-electron chi connectivity index (χ2n) is 21.3. The Bertz CT molecular complexity index is 5160. The van der Waals surface area contributed by atoms with Crippen molar-refractivity contribution in [3.63, 3.8) is 0 Å². The fraction of sp³-hybridized carbons (Fsp3) is 0.0128. The van der Waals surface area contributed by atoms with Gasteiger partial charge in [0.15, 0.2) is 5.84 Å². The molecule has 8 nitrogen and oxygen atoms in total. The van der Waals surface area contributed by atoms with Gasteiger partial charge in [0.2, 0.25) is 0 Å². The summed E-state index contributed by atoms with van der Waals surface area (Å²) in [7, 11) is 0. The van der Waals surface area contributed by atoms with Crippen LogP contribution in [-0.2, 0) is 6.54 Å². The van der Waals surface area contributed by atoms with E-state index < -0.39 is 0 Å². The van der Waals surface area contributed by atoms with Crippen LogP contribution in [0.3, 0.4) is 0 Å². The Labute approximate surface area is 497 Å². The number of amidine groups is 2. The standard InChI is InChI=1S/C78H50N8/c79-47-51-25-27-56(28-26-51)57-29-31-58(32-30-57)78(83-50-65-34-33-63(59-19-11-13-52(41-59)48-80)45-75(65)85-71-23-9-7-21-66(71)69-43-61(36-39-73(69)85)54-15-3-1-4-16-54)84-77(82)68-38-35-64(60-20-12-14-53(42-60)49-81)46-76(68)86-72-24-10-8-22-67(72)70-44-62(37-40-74(70)86)55-17-5-2-6-18-55/h1-46H,50H2,(H2,82,83,84). The SMILES string of the molecule is N#Cc1ccc(-c2ccc(C(=NCc3ccc(-c4cccc(C#N)c4)cc3-n3c4ccccc4c4cc(-c5ccccc5)ccc43)N=C(N)c3ccc(-c4cccc(C#N)c4)cc3-n3c4ccccc4c4cc(-c5ccccc5)ccc43)cc2)cc1. The van der Waals surface area contributed by atoms with Gasteiger partial charge in [-0.1, -0.05) is 188 Å². The Morgan fingerprint density at radius 2 is 0.744 bits per heavy atom. The zero-order valence-electron chi connectivity index (χ0n) is 46.5. The number of aromatic nitrogens is 2. The summed E-state index contributed by atoms with van der Waals surface area (Å²) < 4.78 is 4.60. The number of nitrogens with zero attached hydrogens (tertiary/aromatic N) is 7. The van der Waals surface area contributed by atoms with Crippen LogP contribution in [0.4, 0.5) is 0 Å². The molecular weight excluding hydrogens is 1050 g/mol. The number of hydrogen-bond donors (Lipinski definition) is 1. The summed E-state index contributed by atoms with van der Waals surface area (Å²) in [5.74, 6) is 0.676. The van der Waals surface area contributed by atoms with Crippen molar-refractivity contribution >= 4 is 55.3 Å². The molecule has 0 saturated heterocycles. The summed E-state index contributed by atoms with van der Waals surface area (Å²) in [6, 6.07) is 102. The first-order valence-corrected chi connectivity index (χ1v) is 28.4. The van der Waals surface area contributed by atoms with Crippen LogP contribution < -0.4 is 5.73 Å². The number of benzene rings is 12. The van der Waals surface area contributed by atoms with Crippen LogP contribution in [0, 0.1) is 34.0 Å². The van der Waals surface area contributed by atoms with E-state index in [0.29, 0.717) is 28.1 Å². The monoisotopic (exact) mass is 1100 g/mol. The average molecular weight is 1100 g/mol. The van der Waals surface area contributed by atoms with E-state index in [2.05, 4.69) is 185 Å². The fourth-order valence-electron chi connectivity index (χ4n) is 11.9. The lowest BCUT2D eigenvalue weighted by Gasteiger charge is -2.17. The number of para-hydroxylation sites is 2. The van der Waals surface area contributed by atoms with Gasteiger partial charge in [-0.3, -0.25) is 4.99 Å². The van der Waals surface area contributed by atoms with Gasteiger partial charge in [-0.2, -0.15) is 15.8 Å². The van der Waals surface area contributed by atoms with Crippen molar-refractivity contribution in [3.05, 3.63) is 312 Å². The Morgan fingerprint density at radius 3 is 1.29 bits per heavy atom. The summed E-state index contributed by atoms with van der Waals surface area (Å²) in [6.45, 7) is 0.213. The summed E-state index contributed by atoms with van der Waals surface area (Å²) >= 11 is 0. The van der Waals surface area contributed by atoms with E-state index in [1.54, 1.807) is 0 Å². The number of nitrogens with two attached hydrogens (primary N) is 1. The molecule has 0 bridgehead atoms. The molecule has 0 atom stereocenters. The number of rotatable bonds is 11. The predicted octanol–water partition coefficient (Wildman–Crippen LogP) is 18.2. The lowest BCUT2D eigenvalue weighted by atomic mass is 9.99.